The molecule has 0 unspecified atom stereocenters. The minimum atomic E-state index is -0.386. The van der Waals surface area contributed by atoms with Crippen LogP contribution in [0.15, 0.2) is 24.4 Å². The van der Waals surface area contributed by atoms with E-state index in [1.165, 1.54) is 19.1 Å². The summed E-state index contributed by atoms with van der Waals surface area (Å²) in [5, 5.41) is 0.571. The number of Topliss-reactive ketones (excluding diaryl/α,β-unsaturated/α-hetero) is 1. The van der Waals surface area contributed by atoms with Crippen LogP contribution >= 0.6 is 0 Å². The second-order valence-corrected chi connectivity index (χ2v) is 4.51. The molecule has 5 heteroatoms. The Morgan fingerprint density at radius 1 is 1.35 bits per heavy atom. The molecule has 0 saturated carbocycles. The highest BCUT2D eigenvalue weighted by molar-refractivity contribution is 6.07. The van der Waals surface area contributed by atoms with Gasteiger partial charge in [-0.25, -0.2) is 4.39 Å². The zero-order chi connectivity index (χ0) is 14.7. The fourth-order valence-electron chi connectivity index (χ4n) is 2.18. The van der Waals surface area contributed by atoms with Gasteiger partial charge in [-0.15, -0.1) is 0 Å². The van der Waals surface area contributed by atoms with Crippen LogP contribution in [0.4, 0.5) is 4.39 Å². The number of carbonyl (C=O) groups is 2. The van der Waals surface area contributed by atoms with E-state index in [2.05, 4.69) is 0 Å². The van der Waals surface area contributed by atoms with E-state index in [0.717, 1.165) is 5.52 Å². The Morgan fingerprint density at radius 3 is 2.75 bits per heavy atom. The van der Waals surface area contributed by atoms with E-state index in [0.29, 0.717) is 24.1 Å². The van der Waals surface area contributed by atoms with Crippen molar-refractivity contribution < 1.29 is 18.7 Å². The zero-order valence-electron chi connectivity index (χ0n) is 11.5. The minimum absolute atomic E-state index is 0.129. The molecule has 2 rings (SSSR count). The molecule has 0 aliphatic heterocycles. The highest BCUT2D eigenvalue weighted by Crippen LogP contribution is 2.23. The second-order valence-electron chi connectivity index (χ2n) is 4.51. The third-order valence-electron chi connectivity index (χ3n) is 3.08. The number of aromatic nitrogens is 1. The summed E-state index contributed by atoms with van der Waals surface area (Å²) in [6.45, 7) is 3.93. The summed E-state index contributed by atoms with van der Waals surface area (Å²) in [5.74, 6) is -0.806. The number of aryl methyl sites for hydroxylation is 1. The SMILES string of the molecule is CCOC(=O)CCn1cc(C(C)=O)c2cc(F)ccc21. The summed E-state index contributed by atoms with van der Waals surface area (Å²) in [4.78, 5) is 23.0. The van der Waals surface area contributed by atoms with Gasteiger partial charge in [0.25, 0.3) is 0 Å². The van der Waals surface area contributed by atoms with Crippen molar-refractivity contribution in [1.29, 1.82) is 0 Å². The van der Waals surface area contributed by atoms with Crippen molar-refractivity contribution in [2.24, 2.45) is 0 Å². The van der Waals surface area contributed by atoms with E-state index in [1.54, 1.807) is 23.8 Å². The smallest absolute Gasteiger partial charge is 0.307 e. The fourth-order valence-corrected chi connectivity index (χ4v) is 2.18. The summed E-state index contributed by atoms with van der Waals surface area (Å²) in [6, 6.07) is 4.29. The highest BCUT2D eigenvalue weighted by atomic mass is 19.1. The molecule has 0 fully saturated rings. The lowest BCUT2D eigenvalue weighted by Gasteiger charge is -2.05. The van der Waals surface area contributed by atoms with Crippen molar-refractivity contribution in [3.05, 3.63) is 35.8 Å². The van der Waals surface area contributed by atoms with E-state index in [4.69, 9.17) is 4.74 Å². The third-order valence-corrected chi connectivity index (χ3v) is 3.08. The number of carbonyl (C=O) groups excluding carboxylic acids is 2. The lowest BCUT2D eigenvalue weighted by atomic mass is 10.1. The van der Waals surface area contributed by atoms with Crippen LogP contribution in [0.25, 0.3) is 10.9 Å². The fraction of sp³-hybridized carbons (Fsp3) is 0.333. The van der Waals surface area contributed by atoms with Crippen LogP contribution in [-0.2, 0) is 16.1 Å². The standard InChI is InChI=1S/C15H16FNO3/c1-3-20-15(19)6-7-17-9-13(10(2)18)12-8-11(16)4-5-14(12)17/h4-5,8-9H,3,6-7H2,1-2H3. The first-order valence-corrected chi connectivity index (χ1v) is 6.48. The lowest BCUT2D eigenvalue weighted by molar-refractivity contribution is -0.143. The van der Waals surface area contributed by atoms with Gasteiger partial charge in [-0.3, -0.25) is 9.59 Å². The Labute approximate surface area is 116 Å². The van der Waals surface area contributed by atoms with Gasteiger partial charge in [0.15, 0.2) is 5.78 Å². The Kier molecular flexibility index (Phi) is 4.17. The van der Waals surface area contributed by atoms with Gasteiger partial charge in [-0.1, -0.05) is 0 Å². The Hall–Kier alpha value is -2.17. The average Bonchev–Trinajstić information content (AvgIpc) is 2.75. The molecule has 0 spiro atoms. The molecule has 1 heterocycles. The van der Waals surface area contributed by atoms with Gasteiger partial charge in [-0.2, -0.15) is 0 Å². The number of benzene rings is 1. The number of fused-ring (bicyclic) bond motifs is 1. The Bertz CT molecular complexity index is 660. The van der Waals surface area contributed by atoms with Crippen molar-refractivity contribution in [2.45, 2.75) is 26.8 Å². The summed E-state index contributed by atoms with van der Waals surface area (Å²) >= 11 is 0. The number of halogens is 1. The first-order valence-electron chi connectivity index (χ1n) is 6.48. The molecule has 0 N–H and O–H groups in total. The summed E-state index contributed by atoms with van der Waals surface area (Å²) < 4.78 is 20.0. The number of hydrogen-bond donors (Lipinski definition) is 0. The van der Waals surface area contributed by atoms with Crippen LogP contribution in [0.3, 0.4) is 0 Å². The number of ketones is 1. The van der Waals surface area contributed by atoms with Gasteiger partial charge in [0.1, 0.15) is 5.82 Å². The molecule has 0 bridgehead atoms. The van der Waals surface area contributed by atoms with Crippen molar-refractivity contribution in [1.82, 2.24) is 4.57 Å². The molecule has 106 valence electrons. The lowest BCUT2D eigenvalue weighted by Crippen LogP contribution is -2.08. The first-order chi connectivity index (χ1) is 9.52. The zero-order valence-corrected chi connectivity index (χ0v) is 11.5. The molecule has 0 radical (unpaired) electrons. The Morgan fingerprint density at radius 2 is 2.10 bits per heavy atom. The number of hydrogen-bond acceptors (Lipinski definition) is 3. The average molecular weight is 277 g/mol. The molecular weight excluding hydrogens is 261 g/mol. The maximum atomic E-state index is 13.3. The van der Waals surface area contributed by atoms with Gasteiger partial charge in [0.2, 0.25) is 0 Å². The molecule has 4 nitrogen and oxygen atoms in total. The summed E-state index contributed by atoms with van der Waals surface area (Å²) in [7, 11) is 0. The van der Waals surface area contributed by atoms with Crippen LogP contribution in [0.2, 0.25) is 0 Å². The minimum Gasteiger partial charge on any atom is -0.466 e. The molecule has 1 aromatic carbocycles. The summed E-state index contributed by atoms with van der Waals surface area (Å²) in [5.41, 5.74) is 1.20. The Balaban J connectivity index is 2.34. The van der Waals surface area contributed by atoms with Crippen molar-refractivity contribution >= 4 is 22.7 Å². The molecule has 0 aliphatic carbocycles. The van der Waals surface area contributed by atoms with E-state index in [9.17, 15) is 14.0 Å². The molecule has 0 atom stereocenters. The predicted octanol–water partition coefficient (Wildman–Crippen LogP) is 2.94. The molecule has 0 saturated heterocycles. The molecule has 0 amide bonds. The molecule has 0 aliphatic rings. The van der Waals surface area contributed by atoms with Crippen LogP contribution in [0.5, 0.6) is 0 Å². The van der Waals surface area contributed by atoms with Crippen molar-refractivity contribution in [2.75, 3.05) is 6.61 Å². The van der Waals surface area contributed by atoms with Gasteiger partial charge in [0.05, 0.1) is 13.0 Å². The van der Waals surface area contributed by atoms with Crippen LogP contribution in [-0.4, -0.2) is 22.9 Å². The topological polar surface area (TPSA) is 48.3 Å². The van der Waals surface area contributed by atoms with Gasteiger partial charge < -0.3 is 9.30 Å². The van der Waals surface area contributed by atoms with E-state index in [1.807, 2.05) is 0 Å². The monoisotopic (exact) mass is 277 g/mol. The first kappa shape index (κ1) is 14.2. The number of nitrogens with zero attached hydrogens (tertiary/aromatic N) is 1. The predicted molar refractivity (Wildman–Crippen MR) is 73.2 cm³/mol. The van der Waals surface area contributed by atoms with Gasteiger partial charge in [0, 0.05) is 29.2 Å². The number of rotatable bonds is 5. The second kappa shape index (κ2) is 5.86. The third kappa shape index (κ3) is 2.87. The van der Waals surface area contributed by atoms with Crippen LogP contribution in [0, 0.1) is 5.82 Å². The molecule has 2 aromatic rings. The molecule has 1 aromatic heterocycles. The van der Waals surface area contributed by atoms with E-state index in [-0.39, 0.29) is 24.0 Å². The van der Waals surface area contributed by atoms with Crippen LogP contribution < -0.4 is 0 Å². The summed E-state index contributed by atoms with van der Waals surface area (Å²) in [6.07, 6.45) is 1.87. The quantitative estimate of drug-likeness (QED) is 0.623. The highest BCUT2D eigenvalue weighted by Gasteiger charge is 2.13. The largest absolute Gasteiger partial charge is 0.466 e. The van der Waals surface area contributed by atoms with E-state index < -0.39 is 0 Å². The van der Waals surface area contributed by atoms with Crippen molar-refractivity contribution in [3.63, 3.8) is 0 Å². The van der Waals surface area contributed by atoms with Crippen LogP contribution in [0.1, 0.15) is 30.6 Å². The van der Waals surface area contributed by atoms with Gasteiger partial charge in [-0.05, 0) is 32.0 Å². The van der Waals surface area contributed by atoms with Gasteiger partial charge >= 0.3 is 5.97 Å². The maximum absolute atomic E-state index is 13.3. The van der Waals surface area contributed by atoms with E-state index >= 15 is 0 Å². The normalized spacial score (nSPS) is 10.8. The molecular formula is C15H16FNO3. The number of ether oxygens (including phenoxy) is 1. The number of esters is 1. The van der Waals surface area contributed by atoms with Crippen molar-refractivity contribution in [3.8, 4) is 0 Å². The maximum Gasteiger partial charge on any atom is 0.307 e. The molecule has 20 heavy (non-hydrogen) atoms.